The van der Waals surface area contributed by atoms with Crippen molar-refractivity contribution in [2.75, 3.05) is 26.2 Å². The number of amides is 2. The van der Waals surface area contributed by atoms with Crippen molar-refractivity contribution in [1.82, 2.24) is 10.2 Å². The van der Waals surface area contributed by atoms with Crippen molar-refractivity contribution < 1.29 is 18.3 Å². The van der Waals surface area contributed by atoms with Crippen LogP contribution in [0.3, 0.4) is 0 Å². The van der Waals surface area contributed by atoms with Gasteiger partial charge in [-0.1, -0.05) is 0 Å². The molecule has 0 bridgehead atoms. The van der Waals surface area contributed by atoms with Crippen LogP contribution in [-0.2, 0) is 4.74 Å². The second kappa shape index (κ2) is 5.82. The van der Waals surface area contributed by atoms with Gasteiger partial charge in [-0.05, 0) is 25.7 Å². The highest BCUT2D eigenvalue weighted by Gasteiger charge is 2.35. The first kappa shape index (κ1) is 13.5. The maximum Gasteiger partial charge on any atom is 0.317 e. The Balaban J connectivity index is 1.71. The maximum absolute atomic E-state index is 13.0. The molecule has 2 saturated heterocycles. The van der Waals surface area contributed by atoms with Crippen LogP contribution in [0.15, 0.2) is 0 Å². The smallest absolute Gasteiger partial charge is 0.317 e. The monoisotopic (exact) mass is 262 g/mol. The van der Waals surface area contributed by atoms with E-state index in [4.69, 9.17) is 4.74 Å². The predicted octanol–water partition coefficient (Wildman–Crippen LogP) is 1.50. The first-order chi connectivity index (χ1) is 8.56. The molecule has 0 aliphatic carbocycles. The minimum Gasteiger partial charge on any atom is -0.378 e. The minimum absolute atomic E-state index is 0.142. The Hall–Kier alpha value is -0.910. The largest absolute Gasteiger partial charge is 0.378 e. The predicted molar refractivity (Wildman–Crippen MR) is 62.9 cm³/mol. The van der Waals surface area contributed by atoms with E-state index in [1.807, 2.05) is 6.92 Å². The van der Waals surface area contributed by atoms with Crippen molar-refractivity contribution >= 4 is 6.03 Å². The number of urea groups is 1. The molecule has 104 valence electrons. The molecule has 2 unspecified atom stereocenters. The van der Waals surface area contributed by atoms with Gasteiger partial charge in [0.25, 0.3) is 0 Å². The highest BCUT2D eigenvalue weighted by Crippen LogP contribution is 2.20. The van der Waals surface area contributed by atoms with Gasteiger partial charge in [-0.3, -0.25) is 0 Å². The van der Waals surface area contributed by atoms with Crippen molar-refractivity contribution in [3.63, 3.8) is 0 Å². The van der Waals surface area contributed by atoms with Gasteiger partial charge in [-0.2, -0.15) is 0 Å². The average Bonchev–Trinajstić information content (AvgIpc) is 2.67. The quantitative estimate of drug-likeness (QED) is 0.819. The molecule has 0 saturated carbocycles. The van der Waals surface area contributed by atoms with Crippen LogP contribution in [0.25, 0.3) is 0 Å². The van der Waals surface area contributed by atoms with E-state index in [2.05, 4.69) is 5.32 Å². The summed E-state index contributed by atoms with van der Waals surface area (Å²) in [6.07, 6.45) is -1.03. The summed E-state index contributed by atoms with van der Waals surface area (Å²) in [6, 6.07) is -0.364. The number of likely N-dealkylation sites (tertiary alicyclic amines) is 1. The number of rotatable bonds is 2. The highest BCUT2D eigenvalue weighted by molar-refractivity contribution is 5.74. The summed E-state index contributed by atoms with van der Waals surface area (Å²) in [5.41, 5.74) is 0. The van der Waals surface area contributed by atoms with E-state index >= 15 is 0 Å². The van der Waals surface area contributed by atoms with Crippen LogP contribution in [-0.4, -0.2) is 55.6 Å². The zero-order valence-corrected chi connectivity index (χ0v) is 10.6. The topological polar surface area (TPSA) is 41.6 Å². The first-order valence-corrected chi connectivity index (χ1v) is 6.48. The zero-order chi connectivity index (χ0) is 13.1. The number of nitrogens with one attached hydrogen (secondary N) is 1. The van der Waals surface area contributed by atoms with E-state index in [1.54, 1.807) is 0 Å². The molecule has 4 atom stereocenters. The number of nitrogens with zero attached hydrogens (tertiary/aromatic N) is 1. The van der Waals surface area contributed by atoms with E-state index in [1.165, 1.54) is 4.90 Å². The number of carbonyl (C=O) groups is 1. The fourth-order valence-corrected chi connectivity index (χ4v) is 2.51. The summed E-state index contributed by atoms with van der Waals surface area (Å²) >= 11 is 0. The molecule has 4 nitrogen and oxygen atoms in total. The molecule has 2 aliphatic heterocycles. The number of ether oxygens (including phenoxy) is 1. The first-order valence-electron chi connectivity index (χ1n) is 6.48. The van der Waals surface area contributed by atoms with Crippen LogP contribution in [0.4, 0.5) is 13.6 Å². The van der Waals surface area contributed by atoms with E-state index in [0.717, 1.165) is 12.8 Å². The van der Waals surface area contributed by atoms with Gasteiger partial charge < -0.3 is 15.0 Å². The van der Waals surface area contributed by atoms with Crippen molar-refractivity contribution in [2.45, 2.75) is 38.2 Å². The number of halogens is 2. The Morgan fingerprint density at radius 3 is 2.67 bits per heavy atom. The lowest BCUT2D eigenvalue weighted by atomic mass is 9.96. The van der Waals surface area contributed by atoms with Gasteiger partial charge in [-0.15, -0.1) is 0 Å². The summed E-state index contributed by atoms with van der Waals surface area (Å²) < 4.78 is 31.3. The minimum atomic E-state index is -1.54. The number of carbonyl (C=O) groups excluding carboxylic acids is 1. The lowest BCUT2D eigenvalue weighted by Crippen LogP contribution is -2.42. The summed E-state index contributed by atoms with van der Waals surface area (Å²) in [7, 11) is 0. The molecule has 0 aromatic carbocycles. The average molecular weight is 262 g/mol. The van der Waals surface area contributed by atoms with Crippen molar-refractivity contribution in [2.24, 2.45) is 5.92 Å². The van der Waals surface area contributed by atoms with E-state index in [0.29, 0.717) is 19.1 Å². The van der Waals surface area contributed by atoms with Crippen molar-refractivity contribution in [1.29, 1.82) is 0 Å². The van der Waals surface area contributed by atoms with Crippen LogP contribution in [0.2, 0.25) is 0 Å². The molecule has 2 amide bonds. The van der Waals surface area contributed by atoms with Gasteiger partial charge in [0.2, 0.25) is 0 Å². The molecule has 0 aromatic rings. The van der Waals surface area contributed by atoms with Gasteiger partial charge >= 0.3 is 6.03 Å². The van der Waals surface area contributed by atoms with Crippen LogP contribution in [0, 0.1) is 5.92 Å². The van der Waals surface area contributed by atoms with Crippen molar-refractivity contribution in [3.05, 3.63) is 0 Å². The second-order valence-electron chi connectivity index (χ2n) is 5.19. The van der Waals surface area contributed by atoms with Gasteiger partial charge in [0.15, 0.2) is 12.3 Å². The summed E-state index contributed by atoms with van der Waals surface area (Å²) in [5.74, 6) is 0.391. The van der Waals surface area contributed by atoms with Crippen LogP contribution in [0.5, 0.6) is 0 Å². The molecule has 2 aliphatic rings. The molecule has 2 fully saturated rings. The molecule has 1 N–H and O–H groups in total. The van der Waals surface area contributed by atoms with Gasteiger partial charge in [0, 0.05) is 13.2 Å². The molecule has 18 heavy (non-hydrogen) atoms. The van der Waals surface area contributed by atoms with Gasteiger partial charge in [0.05, 0.1) is 19.2 Å². The Labute approximate surface area is 106 Å². The Kier molecular flexibility index (Phi) is 4.37. The molecular formula is C12H20F2N2O2. The molecule has 0 radical (unpaired) electrons. The third-order valence-electron chi connectivity index (χ3n) is 3.60. The molecule has 0 spiro atoms. The maximum atomic E-state index is 13.0. The third kappa shape index (κ3) is 3.31. The lowest BCUT2D eigenvalue weighted by molar-refractivity contribution is 0.00327. The molecular weight excluding hydrogens is 242 g/mol. The van der Waals surface area contributed by atoms with Crippen LogP contribution < -0.4 is 5.32 Å². The normalized spacial score (nSPS) is 36.7. The zero-order valence-electron chi connectivity index (χ0n) is 10.6. The van der Waals surface area contributed by atoms with Crippen LogP contribution >= 0.6 is 0 Å². The summed E-state index contributed by atoms with van der Waals surface area (Å²) in [6.45, 7) is 2.99. The SMILES string of the molecule is CC1CC(CNC(=O)N2C[C@@H](F)[C@@H](F)C2)CCO1. The molecule has 0 aromatic heterocycles. The van der Waals surface area contributed by atoms with Crippen LogP contribution in [0.1, 0.15) is 19.8 Å². The van der Waals surface area contributed by atoms with E-state index < -0.39 is 12.3 Å². The number of hydrogen-bond donors (Lipinski definition) is 1. The Morgan fingerprint density at radius 1 is 1.39 bits per heavy atom. The van der Waals surface area contributed by atoms with E-state index in [-0.39, 0.29) is 25.2 Å². The Bertz CT molecular complexity index is 294. The summed E-state index contributed by atoms with van der Waals surface area (Å²) in [4.78, 5) is 12.9. The van der Waals surface area contributed by atoms with Crippen molar-refractivity contribution in [3.8, 4) is 0 Å². The number of alkyl halides is 2. The molecule has 2 rings (SSSR count). The second-order valence-corrected chi connectivity index (χ2v) is 5.19. The van der Waals surface area contributed by atoms with Gasteiger partial charge in [0.1, 0.15) is 0 Å². The van der Waals surface area contributed by atoms with Gasteiger partial charge in [-0.25, -0.2) is 13.6 Å². The van der Waals surface area contributed by atoms with E-state index in [9.17, 15) is 13.6 Å². The molecule has 6 heteroatoms. The standard InChI is InChI=1S/C12H20F2N2O2/c1-8-4-9(2-3-18-8)5-15-12(17)16-6-10(13)11(14)7-16/h8-11H,2-7H2,1H3,(H,15,17)/t8?,9?,10-,11+. The fourth-order valence-electron chi connectivity index (χ4n) is 2.51. The third-order valence-corrected chi connectivity index (χ3v) is 3.60. The highest BCUT2D eigenvalue weighted by atomic mass is 19.2. The lowest BCUT2D eigenvalue weighted by Gasteiger charge is -2.28. The molecule has 2 heterocycles. The summed E-state index contributed by atoms with van der Waals surface area (Å²) in [5, 5.41) is 2.75. The number of hydrogen-bond acceptors (Lipinski definition) is 2. The Morgan fingerprint density at radius 2 is 2.06 bits per heavy atom. The fraction of sp³-hybridized carbons (Fsp3) is 0.917.